The molecular formula is C9H15BrO2. The zero-order chi connectivity index (χ0) is 8.39. The van der Waals surface area contributed by atoms with Crippen LogP contribution in [0, 0.1) is 5.92 Å². The lowest BCUT2D eigenvalue weighted by Crippen LogP contribution is -2.27. The predicted octanol–water partition coefficient (Wildman–Crippen LogP) is 1.97. The maximum atomic E-state index is 5.75. The molecule has 1 aliphatic carbocycles. The molecule has 70 valence electrons. The first-order valence-electron chi connectivity index (χ1n) is 4.69. The van der Waals surface area contributed by atoms with Crippen LogP contribution in [0.4, 0.5) is 0 Å². The summed E-state index contributed by atoms with van der Waals surface area (Å²) in [5.74, 6) is 0.838. The Bertz CT molecular complexity index is 147. The molecule has 1 heterocycles. The van der Waals surface area contributed by atoms with Crippen LogP contribution in [0.1, 0.15) is 19.3 Å². The summed E-state index contributed by atoms with van der Waals surface area (Å²) in [4.78, 5) is 0.414. The van der Waals surface area contributed by atoms with Crippen LogP contribution in [0.3, 0.4) is 0 Å². The average Bonchev–Trinajstić information content (AvgIpc) is 2.33. The van der Waals surface area contributed by atoms with Crippen molar-refractivity contribution in [2.45, 2.75) is 30.2 Å². The van der Waals surface area contributed by atoms with Gasteiger partial charge in [0.2, 0.25) is 0 Å². The van der Waals surface area contributed by atoms with E-state index in [1.165, 1.54) is 19.3 Å². The van der Waals surface area contributed by atoms with Crippen LogP contribution in [-0.4, -0.2) is 30.8 Å². The summed E-state index contributed by atoms with van der Waals surface area (Å²) in [5, 5.41) is 0. The van der Waals surface area contributed by atoms with Crippen molar-refractivity contribution in [1.29, 1.82) is 0 Å². The van der Waals surface area contributed by atoms with Gasteiger partial charge in [-0.05, 0) is 18.8 Å². The molecule has 1 saturated carbocycles. The van der Waals surface area contributed by atoms with E-state index in [1.54, 1.807) is 0 Å². The summed E-state index contributed by atoms with van der Waals surface area (Å²) < 4.78 is 11.0. The highest BCUT2D eigenvalue weighted by atomic mass is 79.9. The molecule has 0 aromatic rings. The second-order valence-corrected chi connectivity index (χ2v) is 4.90. The molecule has 1 saturated heterocycles. The van der Waals surface area contributed by atoms with Crippen LogP contribution in [0.5, 0.6) is 0 Å². The molecule has 0 amide bonds. The third-order valence-electron chi connectivity index (χ3n) is 2.73. The molecule has 2 atom stereocenters. The van der Waals surface area contributed by atoms with Crippen molar-refractivity contribution in [1.82, 2.24) is 0 Å². The second kappa shape index (κ2) is 4.07. The van der Waals surface area contributed by atoms with Gasteiger partial charge in [-0.2, -0.15) is 0 Å². The van der Waals surface area contributed by atoms with E-state index in [0.29, 0.717) is 10.9 Å². The van der Waals surface area contributed by atoms with E-state index in [2.05, 4.69) is 15.9 Å². The summed E-state index contributed by atoms with van der Waals surface area (Å²) in [6.07, 6.45) is 4.42. The van der Waals surface area contributed by atoms with Gasteiger partial charge >= 0.3 is 0 Å². The maximum Gasteiger partial charge on any atom is 0.0955 e. The minimum atomic E-state index is 0.297. The zero-order valence-corrected chi connectivity index (χ0v) is 8.76. The Morgan fingerprint density at radius 2 is 2.17 bits per heavy atom. The van der Waals surface area contributed by atoms with Crippen LogP contribution < -0.4 is 0 Å². The SMILES string of the molecule is BrC1COCC1OCC1CCC1. The van der Waals surface area contributed by atoms with Crippen LogP contribution >= 0.6 is 15.9 Å². The van der Waals surface area contributed by atoms with Crippen molar-refractivity contribution in [2.24, 2.45) is 5.92 Å². The van der Waals surface area contributed by atoms with Gasteiger partial charge in [0.15, 0.2) is 0 Å². The standard InChI is InChI=1S/C9H15BrO2/c10-8-5-11-6-9(8)12-4-7-2-1-3-7/h7-9H,1-6H2. The van der Waals surface area contributed by atoms with Crippen LogP contribution in [0.2, 0.25) is 0 Å². The molecule has 2 fully saturated rings. The molecule has 3 heteroatoms. The summed E-state index contributed by atoms with van der Waals surface area (Å²) in [6.45, 7) is 2.51. The Labute approximate surface area is 81.7 Å². The lowest BCUT2D eigenvalue weighted by Gasteiger charge is -2.26. The van der Waals surface area contributed by atoms with Crippen molar-refractivity contribution in [2.75, 3.05) is 19.8 Å². The third kappa shape index (κ3) is 2.01. The van der Waals surface area contributed by atoms with Crippen molar-refractivity contribution in [3.8, 4) is 0 Å². The molecule has 0 N–H and O–H groups in total. The Morgan fingerprint density at radius 1 is 1.33 bits per heavy atom. The third-order valence-corrected chi connectivity index (χ3v) is 3.59. The van der Waals surface area contributed by atoms with Gasteiger partial charge in [-0.3, -0.25) is 0 Å². The van der Waals surface area contributed by atoms with Gasteiger partial charge in [0.05, 0.1) is 24.1 Å². The van der Waals surface area contributed by atoms with E-state index in [1.807, 2.05) is 0 Å². The van der Waals surface area contributed by atoms with Gasteiger partial charge in [-0.15, -0.1) is 0 Å². The summed E-state index contributed by atoms with van der Waals surface area (Å²) in [6, 6.07) is 0. The number of halogens is 1. The molecule has 2 rings (SSSR count). The van der Waals surface area contributed by atoms with E-state index in [9.17, 15) is 0 Å². The van der Waals surface area contributed by atoms with Gasteiger partial charge in [-0.25, -0.2) is 0 Å². The Morgan fingerprint density at radius 3 is 2.67 bits per heavy atom. The number of ether oxygens (including phenoxy) is 2. The molecule has 0 radical (unpaired) electrons. The molecule has 0 bridgehead atoms. The number of hydrogen-bond acceptors (Lipinski definition) is 2. The molecule has 12 heavy (non-hydrogen) atoms. The monoisotopic (exact) mass is 234 g/mol. The van der Waals surface area contributed by atoms with Gasteiger partial charge in [0, 0.05) is 6.61 Å². The number of alkyl halides is 1. The van der Waals surface area contributed by atoms with Crippen molar-refractivity contribution in [3.05, 3.63) is 0 Å². The molecule has 0 spiro atoms. The fourth-order valence-electron chi connectivity index (χ4n) is 1.58. The molecule has 0 aromatic heterocycles. The van der Waals surface area contributed by atoms with Crippen molar-refractivity contribution < 1.29 is 9.47 Å². The van der Waals surface area contributed by atoms with Gasteiger partial charge in [-0.1, -0.05) is 22.4 Å². The van der Waals surface area contributed by atoms with Crippen LogP contribution in [0.15, 0.2) is 0 Å². The van der Waals surface area contributed by atoms with Crippen LogP contribution in [-0.2, 0) is 9.47 Å². The first kappa shape index (κ1) is 8.97. The van der Waals surface area contributed by atoms with Crippen molar-refractivity contribution >= 4 is 15.9 Å². The summed E-state index contributed by atoms with van der Waals surface area (Å²) in [7, 11) is 0. The van der Waals surface area contributed by atoms with E-state index in [0.717, 1.165) is 25.7 Å². The normalized spacial score (nSPS) is 36.8. The lowest BCUT2D eigenvalue weighted by molar-refractivity contribution is 0.00779. The topological polar surface area (TPSA) is 18.5 Å². The van der Waals surface area contributed by atoms with Gasteiger partial charge in [0.1, 0.15) is 0 Å². The Hall–Kier alpha value is 0.400. The Balaban J connectivity index is 1.64. The molecule has 2 unspecified atom stereocenters. The fraction of sp³-hybridized carbons (Fsp3) is 1.00. The highest BCUT2D eigenvalue weighted by molar-refractivity contribution is 9.09. The maximum absolute atomic E-state index is 5.75. The number of rotatable bonds is 3. The minimum absolute atomic E-state index is 0.297. The first-order chi connectivity index (χ1) is 5.86. The molecular weight excluding hydrogens is 220 g/mol. The molecule has 1 aliphatic heterocycles. The van der Waals surface area contributed by atoms with Crippen LogP contribution in [0.25, 0.3) is 0 Å². The lowest BCUT2D eigenvalue weighted by atomic mass is 9.86. The van der Waals surface area contributed by atoms with Gasteiger partial charge in [0.25, 0.3) is 0 Å². The largest absolute Gasteiger partial charge is 0.377 e. The smallest absolute Gasteiger partial charge is 0.0955 e. The summed E-state index contributed by atoms with van der Waals surface area (Å²) in [5.41, 5.74) is 0. The van der Waals surface area contributed by atoms with E-state index >= 15 is 0 Å². The Kier molecular flexibility index (Phi) is 3.05. The zero-order valence-electron chi connectivity index (χ0n) is 7.17. The fourth-order valence-corrected chi connectivity index (χ4v) is 2.07. The second-order valence-electron chi connectivity index (χ2n) is 3.72. The quantitative estimate of drug-likeness (QED) is 0.696. The molecule has 2 aliphatic rings. The average molecular weight is 235 g/mol. The van der Waals surface area contributed by atoms with Gasteiger partial charge < -0.3 is 9.47 Å². The highest BCUT2D eigenvalue weighted by Gasteiger charge is 2.28. The van der Waals surface area contributed by atoms with E-state index in [4.69, 9.17) is 9.47 Å². The molecule has 2 nitrogen and oxygen atoms in total. The predicted molar refractivity (Wildman–Crippen MR) is 50.6 cm³/mol. The van der Waals surface area contributed by atoms with E-state index < -0.39 is 0 Å². The molecule has 0 aromatic carbocycles. The highest BCUT2D eigenvalue weighted by Crippen LogP contribution is 2.28. The van der Waals surface area contributed by atoms with Crippen molar-refractivity contribution in [3.63, 3.8) is 0 Å². The number of hydrogen-bond donors (Lipinski definition) is 0. The van der Waals surface area contributed by atoms with E-state index in [-0.39, 0.29) is 0 Å². The summed E-state index contributed by atoms with van der Waals surface area (Å²) >= 11 is 3.54. The first-order valence-corrected chi connectivity index (χ1v) is 5.61. The minimum Gasteiger partial charge on any atom is -0.377 e.